The molecule has 0 spiro atoms. The fourth-order valence-corrected chi connectivity index (χ4v) is 1.96. The number of nitrogens with one attached hydrogen (secondary N) is 1. The zero-order valence-electron chi connectivity index (χ0n) is 10.2. The van der Waals surface area contributed by atoms with Crippen LogP contribution in [-0.4, -0.2) is 20.3 Å². The van der Waals surface area contributed by atoms with Gasteiger partial charge in [-0.3, -0.25) is 0 Å². The maximum atomic E-state index is 6.13. The molecule has 0 saturated heterocycles. The second-order valence-corrected chi connectivity index (χ2v) is 4.62. The van der Waals surface area contributed by atoms with Crippen molar-refractivity contribution in [2.24, 2.45) is 5.92 Å². The summed E-state index contributed by atoms with van der Waals surface area (Å²) in [6.45, 7) is 6.00. The predicted octanol–water partition coefficient (Wildman–Crippen LogP) is 3.27. The van der Waals surface area contributed by atoms with Crippen molar-refractivity contribution in [3.05, 3.63) is 34.9 Å². The predicted molar refractivity (Wildman–Crippen MR) is 68.9 cm³/mol. The summed E-state index contributed by atoms with van der Waals surface area (Å²) in [4.78, 5) is 0. The highest BCUT2D eigenvalue weighted by molar-refractivity contribution is 6.31. The normalized spacial score (nSPS) is 14.8. The molecule has 1 N–H and O–H groups in total. The van der Waals surface area contributed by atoms with E-state index in [1.54, 1.807) is 7.11 Å². The van der Waals surface area contributed by atoms with Gasteiger partial charge in [0, 0.05) is 31.3 Å². The van der Waals surface area contributed by atoms with Gasteiger partial charge in [0.1, 0.15) is 0 Å². The van der Waals surface area contributed by atoms with Gasteiger partial charge in [0.2, 0.25) is 0 Å². The number of benzene rings is 1. The Balaban J connectivity index is 2.46. The maximum Gasteiger partial charge on any atom is 0.0499 e. The first-order valence-electron chi connectivity index (χ1n) is 5.62. The van der Waals surface area contributed by atoms with Gasteiger partial charge in [-0.25, -0.2) is 0 Å². The van der Waals surface area contributed by atoms with E-state index in [1.165, 1.54) is 0 Å². The average molecular weight is 242 g/mol. The molecule has 0 heterocycles. The lowest BCUT2D eigenvalue weighted by atomic mass is 10.1. The molecule has 16 heavy (non-hydrogen) atoms. The van der Waals surface area contributed by atoms with E-state index < -0.39 is 0 Å². The molecule has 90 valence electrons. The molecule has 2 nitrogen and oxygen atoms in total. The summed E-state index contributed by atoms with van der Waals surface area (Å²) in [6.07, 6.45) is 0. The summed E-state index contributed by atoms with van der Waals surface area (Å²) in [5.41, 5.74) is 1.15. The lowest BCUT2D eigenvalue weighted by Gasteiger charge is -2.18. The van der Waals surface area contributed by atoms with Crippen LogP contribution in [0.15, 0.2) is 24.3 Å². The fourth-order valence-electron chi connectivity index (χ4n) is 1.66. The van der Waals surface area contributed by atoms with Crippen molar-refractivity contribution in [1.29, 1.82) is 0 Å². The van der Waals surface area contributed by atoms with Gasteiger partial charge in [0.25, 0.3) is 0 Å². The molecule has 0 saturated carbocycles. The summed E-state index contributed by atoms with van der Waals surface area (Å²) in [6, 6.07) is 8.21. The van der Waals surface area contributed by atoms with Crippen LogP contribution in [-0.2, 0) is 4.74 Å². The average Bonchev–Trinajstić information content (AvgIpc) is 2.27. The van der Waals surface area contributed by atoms with Gasteiger partial charge >= 0.3 is 0 Å². The van der Waals surface area contributed by atoms with Gasteiger partial charge in [0.15, 0.2) is 0 Å². The molecular weight excluding hydrogens is 222 g/mol. The number of hydrogen-bond acceptors (Lipinski definition) is 2. The molecule has 2 atom stereocenters. The third-order valence-corrected chi connectivity index (χ3v) is 2.94. The van der Waals surface area contributed by atoms with E-state index in [4.69, 9.17) is 16.3 Å². The minimum Gasteiger partial charge on any atom is -0.384 e. The SMILES string of the molecule is COCC(C)CN[C@@H](C)c1ccccc1Cl. The van der Waals surface area contributed by atoms with Crippen molar-refractivity contribution in [3.8, 4) is 0 Å². The second kappa shape index (κ2) is 6.89. The third-order valence-electron chi connectivity index (χ3n) is 2.60. The van der Waals surface area contributed by atoms with Gasteiger partial charge in [0.05, 0.1) is 0 Å². The summed E-state index contributed by atoms with van der Waals surface area (Å²) < 4.78 is 5.10. The molecule has 0 amide bonds. The number of rotatable bonds is 6. The molecule has 0 aliphatic rings. The van der Waals surface area contributed by atoms with Crippen molar-refractivity contribution < 1.29 is 4.74 Å². The fraction of sp³-hybridized carbons (Fsp3) is 0.538. The highest BCUT2D eigenvalue weighted by Gasteiger charge is 2.09. The Morgan fingerprint density at radius 3 is 2.62 bits per heavy atom. The quantitative estimate of drug-likeness (QED) is 0.826. The van der Waals surface area contributed by atoms with Crippen LogP contribution in [0.4, 0.5) is 0 Å². The van der Waals surface area contributed by atoms with Gasteiger partial charge in [-0.05, 0) is 24.5 Å². The number of methoxy groups -OCH3 is 1. The van der Waals surface area contributed by atoms with E-state index >= 15 is 0 Å². The second-order valence-electron chi connectivity index (χ2n) is 4.21. The number of ether oxygens (including phenoxy) is 1. The Bertz CT molecular complexity index is 317. The molecule has 1 rings (SSSR count). The highest BCUT2D eigenvalue weighted by atomic mass is 35.5. The van der Waals surface area contributed by atoms with Crippen LogP contribution in [0, 0.1) is 5.92 Å². The topological polar surface area (TPSA) is 21.3 Å². The van der Waals surface area contributed by atoms with Gasteiger partial charge in [-0.1, -0.05) is 36.7 Å². The van der Waals surface area contributed by atoms with E-state index in [0.717, 1.165) is 23.7 Å². The molecule has 0 bridgehead atoms. The first kappa shape index (κ1) is 13.5. The van der Waals surface area contributed by atoms with Crippen molar-refractivity contribution in [3.63, 3.8) is 0 Å². The molecule has 1 aromatic rings. The molecule has 0 fully saturated rings. The Hall–Kier alpha value is -0.570. The van der Waals surface area contributed by atoms with Crippen LogP contribution in [0.2, 0.25) is 5.02 Å². The van der Waals surface area contributed by atoms with Crippen LogP contribution in [0.3, 0.4) is 0 Å². The Kier molecular flexibility index (Phi) is 5.81. The molecule has 0 aliphatic carbocycles. The lowest BCUT2D eigenvalue weighted by Crippen LogP contribution is -2.26. The van der Waals surface area contributed by atoms with Crippen molar-refractivity contribution in [2.45, 2.75) is 19.9 Å². The molecule has 0 aliphatic heterocycles. The molecule has 0 aromatic heterocycles. The van der Waals surface area contributed by atoms with Crippen molar-refractivity contribution >= 4 is 11.6 Å². The molecule has 3 heteroatoms. The Morgan fingerprint density at radius 1 is 1.31 bits per heavy atom. The minimum atomic E-state index is 0.271. The van der Waals surface area contributed by atoms with Gasteiger partial charge < -0.3 is 10.1 Å². The van der Waals surface area contributed by atoms with E-state index in [9.17, 15) is 0 Å². The summed E-state index contributed by atoms with van der Waals surface area (Å²) >= 11 is 6.13. The van der Waals surface area contributed by atoms with Crippen LogP contribution in [0.1, 0.15) is 25.5 Å². The number of hydrogen-bond donors (Lipinski definition) is 1. The van der Waals surface area contributed by atoms with Crippen LogP contribution < -0.4 is 5.32 Å². The van der Waals surface area contributed by atoms with Crippen LogP contribution >= 0.6 is 11.6 Å². The van der Waals surface area contributed by atoms with E-state index in [0.29, 0.717) is 5.92 Å². The molecule has 0 radical (unpaired) electrons. The monoisotopic (exact) mass is 241 g/mol. The maximum absolute atomic E-state index is 6.13. The van der Waals surface area contributed by atoms with Crippen molar-refractivity contribution in [2.75, 3.05) is 20.3 Å². The van der Waals surface area contributed by atoms with Crippen molar-refractivity contribution in [1.82, 2.24) is 5.32 Å². The zero-order valence-corrected chi connectivity index (χ0v) is 10.9. The van der Waals surface area contributed by atoms with Crippen LogP contribution in [0.25, 0.3) is 0 Å². The first-order chi connectivity index (χ1) is 7.65. The smallest absolute Gasteiger partial charge is 0.0499 e. The third kappa shape index (κ3) is 4.12. The summed E-state index contributed by atoms with van der Waals surface area (Å²) in [5.74, 6) is 0.509. The Morgan fingerprint density at radius 2 is 2.00 bits per heavy atom. The highest BCUT2D eigenvalue weighted by Crippen LogP contribution is 2.22. The molecule has 1 aromatic carbocycles. The van der Waals surface area contributed by atoms with Crippen LogP contribution in [0.5, 0.6) is 0 Å². The van der Waals surface area contributed by atoms with E-state index in [2.05, 4.69) is 25.2 Å². The zero-order chi connectivity index (χ0) is 12.0. The van der Waals surface area contributed by atoms with Gasteiger partial charge in [-0.2, -0.15) is 0 Å². The first-order valence-corrected chi connectivity index (χ1v) is 5.99. The standard InChI is InChI=1S/C13H20ClNO/c1-10(9-16-3)8-15-11(2)12-6-4-5-7-13(12)14/h4-7,10-11,15H,8-9H2,1-3H3/t10?,11-/m0/s1. The lowest BCUT2D eigenvalue weighted by molar-refractivity contribution is 0.157. The van der Waals surface area contributed by atoms with E-state index in [-0.39, 0.29) is 6.04 Å². The largest absolute Gasteiger partial charge is 0.384 e. The molecular formula is C13H20ClNO. The van der Waals surface area contributed by atoms with E-state index in [1.807, 2.05) is 18.2 Å². The Labute approximate surface area is 103 Å². The minimum absolute atomic E-state index is 0.271. The molecule has 1 unspecified atom stereocenters. The summed E-state index contributed by atoms with van der Waals surface area (Å²) in [5, 5.41) is 4.28. The number of halogens is 1. The van der Waals surface area contributed by atoms with Gasteiger partial charge in [-0.15, -0.1) is 0 Å². The summed E-state index contributed by atoms with van der Waals surface area (Å²) in [7, 11) is 1.73.